The second-order valence-corrected chi connectivity index (χ2v) is 16.1. The molecule has 0 aliphatic heterocycles. The van der Waals surface area contributed by atoms with E-state index in [0.29, 0.717) is 0 Å². The maximum atomic E-state index is 5.87. The summed E-state index contributed by atoms with van der Waals surface area (Å²) in [7, 11) is 0. The van der Waals surface area contributed by atoms with Crippen molar-refractivity contribution in [1.82, 2.24) is 28.7 Å². The molecule has 60 heavy (non-hydrogen) atoms. The molecule has 0 saturated heterocycles. The van der Waals surface area contributed by atoms with Gasteiger partial charge in [-0.05, 0) is 69.4 Å². The number of pyridine rings is 2. The van der Waals surface area contributed by atoms with Crippen molar-refractivity contribution in [2.24, 2.45) is 0 Å². The first kappa shape index (κ1) is 30.9. The first-order chi connectivity index (χ1) is 29.8. The van der Waals surface area contributed by atoms with E-state index < -0.39 is 0 Å². The smallest absolute Gasteiger partial charge is 0.145 e. The van der Waals surface area contributed by atoms with Crippen molar-refractivity contribution in [3.05, 3.63) is 170 Å². The van der Waals surface area contributed by atoms with Gasteiger partial charge in [0.2, 0.25) is 0 Å². The molecule has 0 unspecified atom stereocenters. The molecular formula is C54H28N6. The molecule has 0 bridgehead atoms. The molecule has 0 amide bonds. The number of nitrogens with zero attached hydrogens (tertiary/aromatic N) is 6. The Labute approximate surface area is 339 Å². The lowest BCUT2D eigenvalue weighted by atomic mass is 9.93. The van der Waals surface area contributed by atoms with E-state index in [1.165, 1.54) is 33.0 Å². The number of hydrogen-bond donors (Lipinski definition) is 0. The van der Waals surface area contributed by atoms with E-state index >= 15 is 0 Å². The predicted octanol–water partition coefficient (Wildman–Crippen LogP) is 13.5. The van der Waals surface area contributed by atoms with E-state index in [-0.39, 0.29) is 0 Å². The van der Waals surface area contributed by atoms with Gasteiger partial charge in [0, 0.05) is 66.3 Å². The van der Waals surface area contributed by atoms with Crippen LogP contribution in [0.1, 0.15) is 0 Å². The van der Waals surface area contributed by atoms with Crippen LogP contribution in [0.15, 0.2) is 170 Å². The van der Waals surface area contributed by atoms with Crippen molar-refractivity contribution in [2.75, 3.05) is 0 Å². The number of rotatable bonds is 2. The molecular weight excluding hydrogens is 733 g/mol. The lowest BCUT2D eigenvalue weighted by Gasteiger charge is -2.14. The van der Waals surface area contributed by atoms with Crippen molar-refractivity contribution < 1.29 is 0 Å². The monoisotopic (exact) mass is 760 g/mol. The van der Waals surface area contributed by atoms with Crippen LogP contribution in [0.2, 0.25) is 0 Å². The zero-order chi connectivity index (χ0) is 38.8. The highest BCUT2D eigenvalue weighted by Gasteiger charge is 2.29. The van der Waals surface area contributed by atoms with Crippen LogP contribution in [0.3, 0.4) is 0 Å². The first-order valence-electron chi connectivity index (χ1n) is 20.4. The molecule has 7 aromatic heterocycles. The molecule has 0 saturated carbocycles. The summed E-state index contributed by atoms with van der Waals surface area (Å²) in [6.07, 6.45) is 3.81. The third-order valence-electron chi connectivity index (χ3n) is 13.2. The van der Waals surface area contributed by atoms with E-state index in [9.17, 15) is 0 Å². The van der Waals surface area contributed by atoms with Gasteiger partial charge in [-0.25, -0.2) is 19.9 Å². The molecule has 0 aliphatic carbocycles. The summed E-state index contributed by atoms with van der Waals surface area (Å²) in [5.41, 5.74) is 14.6. The second-order valence-electron chi connectivity index (χ2n) is 16.1. The molecule has 0 spiro atoms. The maximum absolute atomic E-state index is 5.87. The van der Waals surface area contributed by atoms with Crippen molar-refractivity contribution in [2.45, 2.75) is 0 Å². The average molecular weight is 761 g/mol. The molecule has 6 nitrogen and oxygen atoms in total. The highest BCUT2D eigenvalue weighted by Crippen LogP contribution is 2.50. The molecule has 0 aliphatic rings. The highest BCUT2D eigenvalue weighted by atomic mass is 15.0. The third kappa shape index (κ3) is 3.66. The molecule has 0 radical (unpaired) electrons. The summed E-state index contributed by atoms with van der Waals surface area (Å²) in [5, 5.41) is 13.6. The Morgan fingerprint density at radius 2 is 0.717 bits per heavy atom. The van der Waals surface area contributed by atoms with E-state index in [0.717, 1.165) is 109 Å². The van der Waals surface area contributed by atoms with Crippen molar-refractivity contribution in [3.63, 3.8) is 0 Å². The van der Waals surface area contributed by atoms with Gasteiger partial charge in [-0.3, -0.25) is 8.80 Å². The Balaban J connectivity index is 1.22. The number of hydrogen-bond acceptors (Lipinski definition) is 4. The topological polar surface area (TPSA) is 60.4 Å². The van der Waals surface area contributed by atoms with Gasteiger partial charge < -0.3 is 0 Å². The van der Waals surface area contributed by atoms with Crippen LogP contribution in [-0.4, -0.2) is 28.7 Å². The minimum Gasteiger partial charge on any atom is -0.290 e. The summed E-state index contributed by atoms with van der Waals surface area (Å²) in [6.45, 7) is 0. The first-order valence-corrected chi connectivity index (χ1v) is 20.4. The summed E-state index contributed by atoms with van der Waals surface area (Å²) >= 11 is 0. The van der Waals surface area contributed by atoms with Crippen LogP contribution < -0.4 is 0 Å². The van der Waals surface area contributed by atoms with E-state index in [2.05, 4.69) is 154 Å². The lowest BCUT2D eigenvalue weighted by molar-refractivity contribution is 1.24. The van der Waals surface area contributed by atoms with E-state index in [1.807, 2.05) is 24.5 Å². The quantitative estimate of drug-likeness (QED) is 0.130. The fourth-order valence-electron chi connectivity index (χ4n) is 10.8. The highest BCUT2D eigenvalue weighted by molar-refractivity contribution is 6.40. The maximum Gasteiger partial charge on any atom is 0.145 e. The zero-order valence-corrected chi connectivity index (χ0v) is 31.8. The molecule has 0 N–H and O–H groups in total. The van der Waals surface area contributed by atoms with Gasteiger partial charge in [-0.15, -0.1) is 0 Å². The Morgan fingerprint density at radius 1 is 0.283 bits per heavy atom. The number of fused-ring (bicyclic) bond motifs is 22. The summed E-state index contributed by atoms with van der Waals surface area (Å²) in [6, 6.07) is 56.7. The molecule has 15 aromatic rings. The lowest BCUT2D eigenvalue weighted by Crippen LogP contribution is -1.96. The fourth-order valence-corrected chi connectivity index (χ4v) is 10.8. The van der Waals surface area contributed by atoms with Gasteiger partial charge >= 0.3 is 0 Å². The largest absolute Gasteiger partial charge is 0.290 e. The Morgan fingerprint density at radius 3 is 1.18 bits per heavy atom. The summed E-state index contributed by atoms with van der Waals surface area (Å²) < 4.78 is 4.78. The fraction of sp³-hybridized carbons (Fsp3) is 0. The SMILES string of the molecule is c1ccc(-c2ccc3c(c2)c2cc(-c4ccccc4)ccc2c2nc4c(nc32)c2c3cccc5c6cccnc6n(c53)c2c2c4c3cccc4c5cccnc5n2c43)cc1. The van der Waals surface area contributed by atoms with Gasteiger partial charge in [0.1, 0.15) is 22.3 Å². The average Bonchev–Trinajstić information content (AvgIpc) is 4.06. The predicted molar refractivity (Wildman–Crippen MR) is 248 cm³/mol. The normalized spacial score (nSPS) is 12.7. The van der Waals surface area contributed by atoms with Crippen LogP contribution in [0.4, 0.5) is 0 Å². The molecule has 274 valence electrons. The van der Waals surface area contributed by atoms with E-state index in [1.54, 1.807) is 0 Å². The zero-order valence-electron chi connectivity index (χ0n) is 31.8. The third-order valence-corrected chi connectivity index (χ3v) is 13.2. The Hall–Kier alpha value is -8.22. The van der Waals surface area contributed by atoms with Crippen LogP contribution >= 0.6 is 0 Å². The van der Waals surface area contributed by atoms with Crippen LogP contribution in [0.5, 0.6) is 0 Å². The minimum absolute atomic E-state index is 0.894. The van der Waals surface area contributed by atoms with Crippen molar-refractivity contribution in [1.29, 1.82) is 0 Å². The standard InChI is InChI=1S/C54H28N6/c1-3-11-29(12-4-1)31-21-23-33-41(27-31)42-28-32(30-13-5-2-6-14-30)22-24-34(42)46-45(33)57-47-43-39-17-7-15-35-37-19-9-25-55-53(37)59(49(35)39)51(43)52-44(48(47)58-46)40-18-8-16-36-38-20-10-26-56-54(38)60(52)50(36)40/h1-28H. The van der Waals surface area contributed by atoms with Gasteiger partial charge in [0.05, 0.1) is 33.1 Å². The summed E-state index contributed by atoms with van der Waals surface area (Å²) in [5.74, 6) is 0. The molecule has 0 fully saturated rings. The van der Waals surface area contributed by atoms with Crippen molar-refractivity contribution >= 4 is 120 Å². The second kappa shape index (κ2) is 10.8. The van der Waals surface area contributed by atoms with Gasteiger partial charge in [-0.2, -0.15) is 0 Å². The van der Waals surface area contributed by atoms with Crippen LogP contribution in [-0.2, 0) is 0 Å². The van der Waals surface area contributed by atoms with Crippen molar-refractivity contribution in [3.8, 4) is 22.3 Å². The molecule has 0 atom stereocenters. The molecule has 7 heterocycles. The van der Waals surface area contributed by atoms with Gasteiger partial charge in [-0.1, -0.05) is 121 Å². The number of para-hydroxylation sites is 2. The van der Waals surface area contributed by atoms with Crippen LogP contribution in [0, 0.1) is 0 Å². The Bertz CT molecular complexity index is 4060. The molecule has 6 heteroatoms. The van der Waals surface area contributed by atoms with E-state index in [4.69, 9.17) is 19.9 Å². The Kier molecular flexibility index (Phi) is 5.57. The molecule has 15 rings (SSSR count). The van der Waals surface area contributed by atoms with Crippen LogP contribution in [0.25, 0.3) is 142 Å². The molecule has 8 aromatic carbocycles. The van der Waals surface area contributed by atoms with Gasteiger partial charge in [0.25, 0.3) is 0 Å². The minimum atomic E-state index is 0.894. The van der Waals surface area contributed by atoms with Gasteiger partial charge in [0.15, 0.2) is 0 Å². The summed E-state index contributed by atoms with van der Waals surface area (Å²) in [4.78, 5) is 21.9. The number of benzene rings is 8. The number of aromatic nitrogens is 6.